The van der Waals surface area contributed by atoms with Gasteiger partial charge in [0, 0.05) is 6.42 Å². The van der Waals surface area contributed by atoms with Crippen LogP contribution >= 0.6 is 0 Å². The molecule has 28 heavy (non-hydrogen) atoms. The number of methoxy groups -OCH3 is 2. The van der Waals surface area contributed by atoms with Crippen molar-refractivity contribution in [1.29, 1.82) is 0 Å². The van der Waals surface area contributed by atoms with Gasteiger partial charge in [0.15, 0.2) is 6.10 Å². The molecule has 0 aliphatic heterocycles. The van der Waals surface area contributed by atoms with Crippen LogP contribution in [0.4, 0.5) is 0 Å². The Balaban J connectivity index is 0. The number of esters is 2. The van der Waals surface area contributed by atoms with Crippen molar-refractivity contribution in [2.75, 3.05) is 14.2 Å². The zero-order valence-electron chi connectivity index (χ0n) is 18.0. The molecule has 6 heteroatoms. The molecule has 164 valence electrons. The number of carbonyl (C=O) groups excluding carboxylic acids is 3. The van der Waals surface area contributed by atoms with Gasteiger partial charge in [-0.2, -0.15) is 0 Å². The number of ether oxygens (including phenoxy) is 2. The van der Waals surface area contributed by atoms with Gasteiger partial charge in [0.1, 0.15) is 0 Å². The number of rotatable bonds is 16. The highest BCUT2D eigenvalue weighted by molar-refractivity contribution is 6.20. The second kappa shape index (κ2) is 23.3. The molecule has 1 unspecified atom stereocenters. The molecule has 0 fully saturated rings. The van der Waals surface area contributed by atoms with Crippen molar-refractivity contribution in [3.05, 3.63) is 12.2 Å². The summed E-state index contributed by atoms with van der Waals surface area (Å²) in [7, 11) is 2.44. The molecule has 0 spiro atoms. The fraction of sp³-hybridized carbons (Fsp3) is 0.773. The largest absolute Gasteiger partial charge is 0.467 e. The average Bonchev–Trinajstić information content (AvgIpc) is 2.72. The molecule has 0 saturated heterocycles. The van der Waals surface area contributed by atoms with Crippen molar-refractivity contribution in [2.24, 2.45) is 0 Å². The van der Waals surface area contributed by atoms with Gasteiger partial charge in [0.05, 0.1) is 14.2 Å². The van der Waals surface area contributed by atoms with Crippen LogP contribution in [0.2, 0.25) is 0 Å². The molecule has 1 N–H and O–H groups in total. The highest BCUT2D eigenvalue weighted by atomic mass is 16.5. The normalized spacial score (nSPS) is 11.4. The Bertz CT molecular complexity index is 406. The molecule has 0 aromatic rings. The summed E-state index contributed by atoms with van der Waals surface area (Å²) >= 11 is 0. The molecule has 0 radical (unpaired) electrons. The summed E-state index contributed by atoms with van der Waals surface area (Å²) in [6.45, 7) is 2.26. The van der Waals surface area contributed by atoms with Crippen LogP contribution in [0.15, 0.2) is 12.2 Å². The molecule has 1 atom stereocenters. The molecule has 0 aliphatic carbocycles. The fourth-order valence-electron chi connectivity index (χ4n) is 2.55. The summed E-state index contributed by atoms with van der Waals surface area (Å²) in [5.41, 5.74) is 0. The van der Waals surface area contributed by atoms with Gasteiger partial charge < -0.3 is 14.6 Å². The van der Waals surface area contributed by atoms with E-state index < -0.39 is 18.0 Å². The Morgan fingerprint density at radius 1 is 0.821 bits per heavy atom. The van der Waals surface area contributed by atoms with Crippen molar-refractivity contribution < 1.29 is 29.0 Å². The van der Waals surface area contributed by atoms with E-state index in [4.69, 9.17) is 0 Å². The van der Waals surface area contributed by atoms with E-state index in [0.29, 0.717) is 6.42 Å². The summed E-state index contributed by atoms with van der Waals surface area (Å²) in [6.07, 6.45) is 19.3. The molecular formula is C22H40O6. The Kier molecular flexibility index (Phi) is 23.8. The average molecular weight is 401 g/mol. The van der Waals surface area contributed by atoms with E-state index in [1.54, 1.807) is 0 Å². The van der Waals surface area contributed by atoms with Gasteiger partial charge in [-0.15, -0.1) is 0 Å². The number of aliphatic hydroxyl groups is 1. The third-order valence-electron chi connectivity index (χ3n) is 4.27. The van der Waals surface area contributed by atoms with Gasteiger partial charge in [-0.25, -0.2) is 9.59 Å². The maximum absolute atomic E-state index is 11.0. The van der Waals surface area contributed by atoms with Crippen LogP contribution in [-0.2, 0) is 23.9 Å². The summed E-state index contributed by atoms with van der Waals surface area (Å²) < 4.78 is 8.35. The first-order valence-electron chi connectivity index (χ1n) is 10.5. The maximum Gasteiger partial charge on any atom is 0.371 e. The maximum atomic E-state index is 11.0. The van der Waals surface area contributed by atoms with Gasteiger partial charge in [-0.3, -0.25) is 4.79 Å². The topological polar surface area (TPSA) is 89.9 Å². The van der Waals surface area contributed by atoms with Crippen molar-refractivity contribution in [1.82, 2.24) is 0 Å². The number of allylic oxidation sites excluding steroid dienone is 1. The van der Waals surface area contributed by atoms with Crippen LogP contribution in [-0.4, -0.2) is 43.7 Å². The monoisotopic (exact) mass is 400 g/mol. The summed E-state index contributed by atoms with van der Waals surface area (Å²) in [5, 5.41) is 9.38. The lowest BCUT2D eigenvalue weighted by Crippen LogP contribution is -2.20. The molecule has 0 aromatic heterocycles. The van der Waals surface area contributed by atoms with Crippen LogP contribution < -0.4 is 0 Å². The lowest BCUT2D eigenvalue weighted by molar-refractivity contribution is -0.150. The zero-order valence-corrected chi connectivity index (χ0v) is 18.0. The number of aldehydes is 1. The van der Waals surface area contributed by atoms with E-state index in [1.807, 2.05) is 6.08 Å². The third kappa shape index (κ3) is 22.4. The highest BCUT2D eigenvalue weighted by Crippen LogP contribution is 2.12. The Labute approximate surface area is 170 Å². The van der Waals surface area contributed by atoms with E-state index in [-0.39, 0.29) is 6.29 Å². The van der Waals surface area contributed by atoms with E-state index in [2.05, 4.69) is 22.5 Å². The number of aliphatic hydroxyl groups excluding tert-OH is 1. The Morgan fingerprint density at radius 3 is 1.71 bits per heavy atom. The molecule has 0 saturated carbocycles. The molecule has 0 bridgehead atoms. The number of carbonyl (C=O) groups is 3. The molecular weight excluding hydrogens is 360 g/mol. The van der Waals surface area contributed by atoms with Crippen molar-refractivity contribution >= 4 is 18.2 Å². The van der Waals surface area contributed by atoms with Gasteiger partial charge in [0.25, 0.3) is 0 Å². The quantitative estimate of drug-likeness (QED) is 0.135. The van der Waals surface area contributed by atoms with Crippen LogP contribution in [0.3, 0.4) is 0 Å². The smallest absolute Gasteiger partial charge is 0.371 e. The van der Waals surface area contributed by atoms with E-state index >= 15 is 0 Å². The first kappa shape index (κ1) is 28.5. The zero-order chi connectivity index (χ0) is 21.5. The van der Waals surface area contributed by atoms with E-state index in [9.17, 15) is 19.5 Å². The molecule has 0 amide bonds. The molecule has 0 aliphatic rings. The SMILES string of the molecule is CCCCCCCCCCCCCC=CCC(O)C(=O)OC.COC(=O)C=O. The third-order valence-corrected chi connectivity index (χ3v) is 4.27. The minimum absolute atomic E-state index is 0.111. The number of hydrogen-bond acceptors (Lipinski definition) is 6. The number of hydrogen-bond donors (Lipinski definition) is 1. The Hall–Kier alpha value is -1.69. The molecule has 0 heterocycles. The lowest BCUT2D eigenvalue weighted by Gasteiger charge is -2.04. The van der Waals surface area contributed by atoms with Gasteiger partial charge >= 0.3 is 11.9 Å². The van der Waals surface area contributed by atoms with E-state index in [0.717, 1.165) is 13.5 Å². The van der Waals surface area contributed by atoms with Gasteiger partial charge in [0.2, 0.25) is 6.29 Å². The molecule has 0 aromatic carbocycles. The van der Waals surface area contributed by atoms with Crippen LogP contribution in [0.5, 0.6) is 0 Å². The molecule has 6 nitrogen and oxygen atoms in total. The fourth-order valence-corrected chi connectivity index (χ4v) is 2.55. The number of unbranched alkanes of at least 4 members (excludes halogenated alkanes) is 11. The minimum atomic E-state index is -1.02. The Morgan fingerprint density at radius 2 is 1.32 bits per heavy atom. The second-order valence-corrected chi connectivity index (χ2v) is 6.71. The van der Waals surface area contributed by atoms with Crippen molar-refractivity contribution in [3.63, 3.8) is 0 Å². The highest BCUT2D eigenvalue weighted by Gasteiger charge is 2.12. The standard InChI is InChI=1S/C19H36O3.C3H4O3/c1-3-4-5-6-7-8-9-10-11-12-13-14-15-16-17-18(20)19(21)22-2;1-6-3(5)2-4/h15-16,18,20H,3-14,17H2,1-2H3;2H,1H3. The summed E-state index contributed by atoms with van der Waals surface area (Å²) in [4.78, 5) is 29.8. The van der Waals surface area contributed by atoms with Crippen molar-refractivity contribution in [3.8, 4) is 0 Å². The summed E-state index contributed by atoms with van der Waals surface area (Å²) in [5.74, 6) is -1.39. The van der Waals surface area contributed by atoms with Crippen LogP contribution in [0, 0.1) is 0 Å². The lowest BCUT2D eigenvalue weighted by atomic mass is 10.1. The van der Waals surface area contributed by atoms with Gasteiger partial charge in [-0.05, 0) is 12.8 Å². The minimum Gasteiger partial charge on any atom is -0.467 e. The van der Waals surface area contributed by atoms with Crippen LogP contribution in [0.1, 0.15) is 90.4 Å². The summed E-state index contributed by atoms with van der Waals surface area (Å²) in [6, 6.07) is 0. The second-order valence-electron chi connectivity index (χ2n) is 6.71. The first-order chi connectivity index (χ1) is 13.5. The van der Waals surface area contributed by atoms with Crippen molar-refractivity contribution in [2.45, 2.75) is 96.5 Å². The molecule has 0 rings (SSSR count). The first-order valence-corrected chi connectivity index (χ1v) is 10.5. The predicted molar refractivity (Wildman–Crippen MR) is 111 cm³/mol. The van der Waals surface area contributed by atoms with Gasteiger partial charge in [-0.1, -0.05) is 83.3 Å². The predicted octanol–water partition coefficient (Wildman–Crippen LogP) is 4.53. The van der Waals surface area contributed by atoms with E-state index in [1.165, 1.54) is 77.7 Å². The van der Waals surface area contributed by atoms with Crippen LogP contribution in [0.25, 0.3) is 0 Å².